The van der Waals surface area contributed by atoms with E-state index in [4.69, 9.17) is 23.1 Å². The fourth-order valence-corrected chi connectivity index (χ4v) is 2.33. The molecule has 0 aliphatic heterocycles. The SMILES string of the molecule is NC(=S)N/N=C/c1cn(CCC(=O)O)nc1-c1cccc(Br)c1. The third-order valence-corrected chi connectivity index (χ3v) is 3.41. The van der Waals surface area contributed by atoms with Gasteiger partial charge in [-0.05, 0) is 24.4 Å². The van der Waals surface area contributed by atoms with Gasteiger partial charge in [-0.2, -0.15) is 10.2 Å². The number of aryl methyl sites for hydroxylation is 1. The number of nitrogens with two attached hydrogens (primary N) is 1. The van der Waals surface area contributed by atoms with Crippen LogP contribution >= 0.6 is 28.1 Å². The van der Waals surface area contributed by atoms with Crippen molar-refractivity contribution in [2.75, 3.05) is 0 Å². The fraction of sp³-hybridized carbons (Fsp3) is 0.143. The monoisotopic (exact) mass is 395 g/mol. The number of carboxylic acid groups (broad SMARTS) is 1. The topological polar surface area (TPSA) is 106 Å². The number of rotatable bonds is 6. The van der Waals surface area contributed by atoms with Gasteiger partial charge in [-0.25, -0.2) is 0 Å². The van der Waals surface area contributed by atoms with E-state index in [1.165, 1.54) is 0 Å². The molecule has 9 heteroatoms. The molecule has 0 saturated carbocycles. The van der Waals surface area contributed by atoms with Crippen LogP contribution in [-0.2, 0) is 11.3 Å². The Morgan fingerprint density at radius 1 is 1.57 bits per heavy atom. The van der Waals surface area contributed by atoms with Gasteiger partial charge in [-0.15, -0.1) is 0 Å². The highest BCUT2D eigenvalue weighted by Gasteiger charge is 2.11. The van der Waals surface area contributed by atoms with E-state index in [9.17, 15) is 4.79 Å². The molecule has 0 saturated heterocycles. The first-order valence-electron chi connectivity index (χ1n) is 6.59. The van der Waals surface area contributed by atoms with E-state index in [0.717, 1.165) is 15.6 Å². The number of carboxylic acids is 1. The van der Waals surface area contributed by atoms with E-state index in [1.54, 1.807) is 17.1 Å². The lowest BCUT2D eigenvalue weighted by Crippen LogP contribution is -2.24. The molecule has 7 nitrogen and oxygen atoms in total. The lowest BCUT2D eigenvalue weighted by atomic mass is 10.1. The van der Waals surface area contributed by atoms with E-state index < -0.39 is 5.97 Å². The Bertz CT molecular complexity index is 759. The van der Waals surface area contributed by atoms with Gasteiger partial charge in [0.1, 0.15) is 5.69 Å². The Labute approximate surface area is 146 Å². The first-order valence-corrected chi connectivity index (χ1v) is 7.79. The third kappa shape index (κ3) is 5.15. The molecule has 0 bridgehead atoms. The number of nitrogens with zero attached hydrogens (tertiary/aromatic N) is 3. The fourth-order valence-electron chi connectivity index (χ4n) is 1.88. The van der Waals surface area contributed by atoms with Gasteiger partial charge in [0.2, 0.25) is 0 Å². The van der Waals surface area contributed by atoms with Crippen LogP contribution in [0.4, 0.5) is 0 Å². The van der Waals surface area contributed by atoms with E-state index in [2.05, 4.69) is 31.6 Å². The zero-order valence-corrected chi connectivity index (χ0v) is 14.3. The number of aromatic nitrogens is 2. The van der Waals surface area contributed by atoms with Crippen molar-refractivity contribution in [1.29, 1.82) is 0 Å². The zero-order chi connectivity index (χ0) is 16.8. The first-order chi connectivity index (χ1) is 11.0. The highest BCUT2D eigenvalue weighted by Crippen LogP contribution is 2.24. The second-order valence-corrected chi connectivity index (χ2v) is 5.94. The van der Waals surface area contributed by atoms with Gasteiger partial charge in [0.15, 0.2) is 5.11 Å². The summed E-state index contributed by atoms with van der Waals surface area (Å²) in [5.41, 5.74) is 10.1. The van der Waals surface area contributed by atoms with Crippen LogP contribution in [0.15, 0.2) is 40.0 Å². The average Bonchev–Trinajstić information content (AvgIpc) is 2.88. The van der Waals surface area contributed by atoms with Gasteiger partial charge in [-0.3, -0.25) is 14.9 Å². The number of hydrogen-bond acceptors (Lipinski definition) is 4. The molecule has 0 atom stereocenters. The summed E-state index contributed by atoms with van der Waals surface area (Å²) < 4.78 is 2.49. The maximum Gasteiger partial charge on any atom is 0.305 e. The maximum absolute atomic E-state index is 10.7. The molecule has 0 amide bonds. The normalized spacial score (nSPS) is 10.8. The molecule has 1 heterocycles. The Kier molecular flexibility index (Phi) is 5.83. The van der Waals surface area contributed by atoms with Crippen molar-refractivity contribution in [3.8, 4) is 11.3 Å². The minimum absolute atomic E-state index is 0.0126. The number of hydrogen-bond donors (Lipinski definition) is 3. The van der Waals surface area contributed by atoms with E-state index in [0.29, 0.717) is 5.69 Å². The molecular formula is C14H14BrN5O2S. The van der Waals surface area contributed by atoms with Crippen LogP contribution in [0, 0.1) is 0 Å². The summed E-state index contributed by atoms with van der Waals surface area (Å²) >= 11 is 8.11. The van der Waals surface area contributed by atoms with Crippen LogP contribution in [0.5, 0.6) is 0 Å². The molecule has 23 heavy (non-hydrogen) atoms. The third-order valence-electron chi connectivity index (χ3n) is 2.82. The van der Waals surface area contributed by atoms with Crippen molar-refractivity contribution in [3.05, 3.63) is 40.5 Å². The summed E-state index contributed by atoms with van der Waals surface area (Å²) in [5, 5.41) is 17.2. The van der Waals surface area contributed by atoms with E-state index in [1.807, 2.05) is 24.3 Å². The molecule has 0 aliphatic carbocycles. The molecular weight excluding hydrogens is 382 g/mol. The van der Waals surface area contributed by atoms with E-state index in [-0.39, 0.29) is 18.1 Å². The maximum atomic E-state index is 10.7. The van der Waals surface area contributed by atoms with Crippen molar-refractivity contribution in [2.45, 2.75) is 13.0 Å². The summed E-state index contributed by atoms with van der Waals surface area (Å²) in [7, 11) is 0. The van der Waals surface area contributed by atoms with Crippen LogP contribution in [0.25, 0.3) is 11.3 Å². The van der Waals surface area contributed by atoms with Gasteiger partial charge in [0.25, 0.3) is 0 Å². The molecule has 120 valence electrons. The summed E-state index contributed by atoms with van der Waals surface area (Å²) in [6, 6.07) is 7.63. The van der Waals surface area contributed by atoms with Crippen molar-refractivity contribution >= 4 is 45.4 Å². The molecule has 0 fully saturated rings. The van der Waals surface area contributed by atoms with Crippen LogP contribution in [-0.4, -0.2) is 32.2 Å². The molecule has 4 N–H and O–H groups in total. The minimum Gasteiger partial charge on any atom is -0.481 e. The molecule has 0 spiro atoms. The molecule has 0 aliphatic rings. The number of carbonyl (C=O) groups is 1. The Morgan fingerprint density at radius 2 is 2.35 bits per heavy atom. The zero-order valence-electron chi connectivity index (χ0n) is 11.9. The van der Waals surface area contributed by atoms with Gasteiger partial charge in [0.05, 0.1) is 19.2 Å². The highest BCUT2D eigenvalue weighted by atomic mass is 79.9. The average molecular weight is 396 g/mol. The van der Waals surface area contributed by atoms with Crippen LogP contribution in [0.1, 0.15) is 12.0 Å². The van der Waals surface area contributed by atoms with Crippen LogP contribution in [0.2, 0.25) is 0 Å². The summed E-state index contributed by atoms with van der Waals surface area (Å²) in [5.74, 6) is -0.880. The highest BCUT2D eigenvalue weighted by molar-refractivity contribution is 9.10. The molecule has 1 aromatic heterocycles. The second kappa shape index (κ2) is 7.84. The van der Waals surface area contributed by atoms with E-state index >= 15 is 0 Å². The quantitative estimate of drug-likeness (QED) is 0.392. The van der Waals surface area contributed by atoms with Gasteiger partial charge in [0, 0.05) is 21.8 Å². The Balaban J connectivity index is 2.34. The molecule has 2 rings (SSSR count). The lowest BCUT2D eigenvalue weighted by molar-refractivity contribution is -0.137. The predicted octanol–water partition coefficient (Wildman–Crippen LogP) is 1.95. The molecule has 1 aromatic carbocycles. The summed E-state index contributed by atoms with van der Waals surface area (Å²) in [6.45, 7) is 0.271. The Hall–Kier alpha value is -2.26. The number of nitrogens with one attached hydrogen (secondary N) is 1. The number of aliphatic carboxylic acids is 1. The van der Waals surface area contributed by atoms with Gasteiger partial charge < -0.3 is 10.8 Å². The van der Waals surface area contributed by atoms with Crippen molar-refractivity contribution in [1.82, 2.24) is 15.2 Å². The number of hydrazone groups is 1. The lowest BCUT2D eigenvalue weighted by Gasteiger charge is -2.00. The predicted molar refractivity (Wildman–Crippen MR) is 95.1 cm³/mol. The summed E-state index contributed by atoms with van der Waals surface area (Å²) in [4.78, 5) is 10.7. The Morgan fingerprint density at radius 3 is 3.00 bits per heavy atom. The largest absolute Gasteiger partial charge is 0.481 e. The first kappa shape index (κ1) is 17.1. The van der Waals surface area contributed by atoms with Gasteiger partial charge in [-0.1, -0.05) is 28.1 Å². The van der Waals surface area contributed by atoms with Crippen molar-refractivity contribution in [3.63, 3.8) is 0 Å². The van der Waals surface area contributed by atoms with Crippen molar-refractivity contribution in [2.24, 2.45) is 10.8 Å². The molecule has 2 aromatic rings. The van der Waals surface area contributed by atoms with Crippen LogP contribution < -0.4 is 11.2 Å². The van der Waals surface area contributed by atoms with Gasteiger partial charge >= 0.3 is 5.97 Å². The van der Waals surface area contributed by atoms with Crippen molar-refractivity contribution < 1.29 is 9.90 Å². The number of thiocarbonyl (C=S) groups is 1. The smallest absolute Gasteiger partial charge is 0.305 e. The van der Waals surface area contributed by atoms with Crippen LogP contribution in [0.3, 0.4) is 0 Å². The molecule has 0 unspecified atom stereocenters. The minimum atomic E-state index is -0.880. The molecule has 0 radical (unpaired) electrons. The number of halogens is 1. The summed E-state index contributed by atoms with van der Waals surface area (Å²) in [6.07, 6.45) is 3.25. The number of benzene rings is 1. The standard InChI is InChI=1S/C14H14BrN5O2S/c15-11-3-1-2-9(6-11)13-10(7-17-18-14(16)23)8-20(19-13)5-4-12(21)22/h1-3,6-8H,4-5H2,(H,21,22)(H3,16,18,23)/b17-7+. The second-order valence-electron chi connectivity index (χ2n) is 4.58.